The standard InChI is InChI=1S/C15H17FN2O2/c1-20-15-6-3-11(9-13(15)16)14(19)10-18(8-2-7-17)12-4-5-12/h3,6,9,12H,2,4-5,8,10H2,1H3. The van der Waals surface area contributed by atoms with Crippen molar-refractivity contribution in [2.45, 2.75) is 25.3 Å². The maximum absolute atomic E-state index is 13.6. The lowest BCUT2D eigenvalue weighted by molar-refractivity contribution is 0.0925. The quantitative estimate of drug-likeness (QED) is 0.718. The number of benzene rings is 1. The Bertz CT molecular complexity index is 535. The van der Waals surface area contributed by atoms with Gasteiger partial charge in [0.2, 0.25) is 0 Å². The largest absolute Gasteiger partial charge is 0.494 e. The molecule has 0 radical (unpaired) electrons. The van der Waals surface area contributed by atoms with Crippen LogP contribution in [0.2, 0.25) is 0 Å². The average Bonchev–Trinajstić information content (AvgIpc) is 3.27. The molecule has 1 aromatic rings. The van der Waals surface area contributed by atoms with Gasteiger partial charge in [0.15, 0.2) is 17.3 Å². The summed E-state index contributed by atoms with van der Waals surface area (Å²) in [5.41, 5.74) is 0.339. The van der Waals surface area contributed by atoms with E-state index in [0.29, 0.717) is 24.6 Å². The summed E-state index contributed by atoms with van der Waals surface area (Å²) in [4.78, 5) is 14.2. The molecule has 0 atom stereocenters. The molecule has 0 spiro atoms. The van der Waals surface area contributed by atoms with E-state index in [9.17, 15) is 9.18 Å². The summed E-state index contributed by atoms with van der Waals surface area (Å²) in [7, 11) is 1.39. The van der Waals surface area contributed by atoms with E-state index in [2.05, 4.69) is 6.07 Å². The highest BCUT2D eigenvalue weighted by molar-refractivity contribution is 5.97. The van der Waals surface area contributed by atoms with Crippen molar-refractivity contribution < 1.29 is 13.9 Å². The van der Waals surface area contributed by atoms with Crippen molar-refractivity contribution >= 4 is 5.78 Å². The molecule has 0 N–H and O–H groups in total. The Labute approximate surface area is 117 Å². The van der Waals surface area contributed by atoms with Crippen LogP contribution in [0.1, 0.15) is 29.6 Å². The fraction of sp³-hybridized carbons (Fsp3) is 0.467. The van der Waals surface area contributed by atoms with Gasteiger partial charge in [-0.05, 0) is 31.0 Å². The Morgan fingerprint density at radius 2 is 2.30 bits per heavy atom. The molecule has 5 heteroatoms. The zero-order chi connectivity index (χ0) is 14.5. The molecule has 0 saturated heterocycles. The van der Waals surface area contributed by atoms with Crippen molar-refractivity contribution in [3.05, 3.63) is 29.6 Å². The molecule has 2 rings (SSSR count). The summed E-state index contributed by atoms with van der Waals surface area (Å²) < 4.78 is 18.4. The lowest BCUT2D eigenvalue weighted by Gasteiger charge is -2.19. The van der Waals surface area contributed by atoms with E-state index in [1.807, 2.05) is 4.90 Å². The second-order valence-corrected chi connectivity index (χ2v) is 4.88. The van der Waals surface area contributed by atoms with Gasteiger partial charge in [0.1, 0.15) is 0 Å². The first-order valence-corrected chi connectivity index (χ1v) is 6.63. The van der Waals surface area contributed by atoms with Gasteiger partial charge in [-0.25, -0.2) is 4.39 Å². The summed E-state index contributed by atoms with van der Waals surface area (Å²) in [6.45, 7) is 0.823. The van der Waals surface area contributed by atoms with Gasteiger partial charge in [0, 0.05) is 24.6 Å². The summed E-state index contributed by atoms with van der Waals surface area (Å²) in [5, 5.41) is 8.64. The maximum atomic E-state index is 13.6. The van der Waals surface area contributed by atoms with Gasteiger partial charge in [0.25, 0.3) is 0 Å². The molecule has 0 aliphatic heterocycles. The molecule has 1 aromatic carbocycles. The second-order valence-electron chi connectivity index (χ2n) is 4.88. The number of ketones is 1. The molecule has 0 amide bonds. The number of halogens is 1. The monoisotopic (exact) mass is 276 g/mol. The highest BCUT2D eigenvalue weighted by Gasteiger charge is 2.30. The topological polar surface area (TPSA) is 53.3 Å². The molecule has 1 saturated carbocycles. The first kappa shape index (κ1) is 14.5. The van der Waals surface area contributed by atoms with Crippen LogP contribution in [-0.2, 0) is 0 Å². The fourth-order valence-electron chi connectivity index (χ4n) is 2.14. The Balaban J connectivity index is 2.02. The normalized spacial score (nSPS) is 14.1. The van der Waals surface area contributed by atoms with Crippen LogP contribution in [0.25, 0.3) is 0 Å². The molecule has 0 bridgehead atoms. The number of hydrogen-bond donors (Lipinski definition) is 0. The first-order valence-electron chi connectivity index (χ1n) is 6.63. The number of hydrogen-bond acceptors (Lipinski definition) is 4. The molecule has 1 fully saturated rings. The Morgan fingerprint density at radius 3 is 2.85 bits per heavy atom. The maximum Gasteiger partial charge on any atom is 0.176 e. The number of rotatable bonds is 7. The lowest BCUT2D eigenvalue weighted by Crippen LogP contribution is -2.32. The molecule has 0 heterocycles. The van der Waals surface area contributed by atoms with Gasteiger partial charge in [-0.3, -0.25) is 9.69 Å². The van der Waals surface area contributed by atoms with Crippen LogP contribution < -0.4 is 4.74 Å². The minimum absolute atomic E-state index is 0.128. The van der Waals surface area contributed by atoms with E-state index >= 15 is 0 Å². The van der Waals surface area contributed by atoms with Crippen LogP contribution >= 0.6 is 0 Å². The van der Waals surface area contributed by atoms with Crippen molar-refractivity contribution in [1.29, 1.82) is 5.26 Å². The molecule has 0 unspecified atom stereocenters. The first-order chi connectivity index (χ1) is 9.65. The van der Waals surface area contributed by atoms with E-state index in [-0.39, 0.29) is 18.1 Å². The van der Waals surface area contributed by atoms with E-state index in [4.69, 9.17) is 10.00 Å². The number of nitrogens with zero attached hydrogens (tertiary/aromatic N) is 2. The molecule has 106 valence electrons. The van der Waals surface area contributed by atoms with Crippen LogP contribution in [-0.4, -0.2) is 36.9 Å². The molecule has 1 aliphatic rings. The van der Waals surface area contributed by atoms with E-state index in [1.54, 1.807) is 6.07 Å². The third-order valence-electron chi connectivity index (χ3n) is 3.39. The number of methoxy groups -OCH3 is 1. The predicted octanol–water partition coefficient (Wildman–Crippen LogP) is 2.40. The zero-order valence-electron chi connectivity index (χ0n) is 11.4. The third kappa shape index (κ3) is 3.55. The zero-order valence-corrected chi connectivity index (χ0v) is 11.4. The summed E-state index contributed by atoms with van der Waals surface area (Å²) in [6, 6.07) is 6.72. The Kier molecular flexibility index (Phi) is 4.70. The SMILES string of the molecule is COc1ccc(C(=O)CN(CCC#N)C2CC2)cc1F. The van der Waals surface area contributed by atoms with Gasteiger partial charge in [-0.15, -0.1) is 0 Å². The molecule has 4 nitrogen and oxygen atoms in total. The highest BCUT2D eigenvalue weighted by Crippen LogP contribution is 2.27. The Morgan fingerprint density at radius 1 is 1.55 bits per heavy atom. The summed E-state index contributed by atoms with van der Waals surface area (Å²) in [6.07, 6.45) is 2.53. The van der Waals surface area contributed by atoms with Crippen LogP contribution in [0.5, 0.6) is 5.75 Å². The molecule has 1 aliphatic carbocycles. The van der Waals surface area contributed by atoms with Gasteiger partial charge in [0.05, 0.1) is 19.7 Å². The Hall–Kier alpha value is -1.93. The summed E-state index contributed by atoms with van der Waals surface area (Å²) in [5.74, 6) is -0.533. The minimum atomic E-state index is -0.534. The van der Waals surface area contributed by atoms with Gasteiger partial charge in [-0.1, -0.05) is 0 Å². The smallest absolute Gasteiger partial charge is 0.176 e. The van der Waals surface area contributed by atoms with Crippen molar-refractivity contribution in [3.8, 4) is 11.8 Å². The number of carbonyl (C=O) groups excluding carboxylic acids is 1. The third-order valence-corrected chi connectivity index (χ3v) is 3.39. The highest BCUT2D eigenvalue weighted by atomic mass is 19.1. The van der Waals surface area contributed by atoms with Crippen LogP contribution in [0, 0.1) is 17.1 Å². The minimum Gasteiger partial charge on any atom is -0.494 e. The number of carbonyl (C=O) groups is 1. The van der Waals surface area contributed by atoms with Gasteiger partial charge < -0.3 is 4.74 Å². The average molecular weight is 276 g/mol. The van der Waals surface area contributed by atoms with Gasteiger partial charge >= 0.3 is 0 Å². The number of nitriles is 1. The number of Topliss-reactive ketones (excluding diaryl/α,β-unsaturated/α-hetero) is 1. The lowest BCUT2D eigenvalue weighted by atomic mass is 10.1. The summed E-state index contributed by atoms with van der Waals surface area (Å²) >= 11 is 0. The van der Waals surface area contributed by atoms with Crippen molar-refractivity contribution in [1.82, 2.24) is 4.90 Å². The molecular weight excluding hydrogens is 259 g/mol. The molecule has 0 aromatic heterocycles. The number of ether oxygens (including phenoxy) is 1. The van der Waals surface area contributed by atoms with Crippen LogP contribution in [0.15, 0.2) is 18.2 Å². The second kappa shape index (κ2) is 6.49. The van der Waals surface area contributed by atoms with Crippen molar-refractivity contribution in [2.24, 2.45) is 0 Å². The van der Waals surface area contributed by atoms with E-state index < -0.39 is 5.82 Å². The van der Waals surface area contributed by atoms with Crippen molar-refractivity contribution in [3.63, 3.8) is 0 Å². The van der Waals surface area contributed by atoms with E-state index in [1.165, 1.54) is 19.2 Å². The predicted molar refractivity (Wildman–Crippen MR) is 72.1 cm³/mol. The van der Waals surface area contributed by atoms with Crippen molar-refractivity contribution in [2.75, 3.05) is 20.2 Å². The van der Waals surface area contributed by atoms with E-state index in [0.717, 1.165) is 12.8 Å². The fourth-order valence-corrected chi connectivity index (χ4v) is 2.14. The molecule has 20 heavy (non-hydrogen) atoms. The van der Waals surface area contributed by atoms with Crippen LogP contribution in [0.4, 0.5) is 4.39 Å². The van der Waals surface area contributed by atoms with Crippen LogP contribution in [0.3, 0.4) is 0 Å². The van der Waals surface area contributed by atoms with Gasteiger partial charge in [-0.2, -0.15) is 5.26 Å². The molecular formula is C15H17FN2O2.